The van der Waals surface area contributed by atoms with Crippen molar-refractivity contribution in [1.29, 1.82) is 0 Å². The summed E-state index contributed by atoms with van der Waals surface area (Å²) in [5.41, 5.74) is 1.94. The zero-order chi connectivity index (χ0) is 18.2. The number of benzene rings is 2. The summed E-state index contributed by atoms with van der Waals surface area (Å²) in [6, 6.07) is 10.6. The van der Waals surface area contributed by atoms with Crippen molar-refractivity contribution in [2.45, 2.75) is 23.0 Å². The van der Waals surface area contributed by atoms with E-state index >= 15 is 0 Å². The van der Waals surface area contributed by atoms with E-state index in [2.05, 4.69) is 5.32 Å². The van der Waals surface area contributed by atoms with Crippen LogP contribution < -0.4 is 5.32 Å². The topological polar surface area (TPSA) is 89.3 Å². The molecular weight excluding hydrogens is 354 g/mol. The number of nitrogens with one attached hydrogen (secondary N) is 1. The Balaban J connectivity index is 1.81. The van der Waals surface area contributed by atoms with Crippen LogP contribution >= 0.6 is 0 Å². The van der Waals surface area contributed by atoms with Crippen LogP contribution in [0.3, 0.4) is 0 Å². The number of hydrogen-bond acceptors (Lipinski definition) is 5. The Kier molecular flexibility index (Phi) is 4.42. The highest BCUT2D eigenvalue weighted by Gasteiger charge is 2.30. The fourth-order valence-electron chi connectivity index (χ4n) is 2.87. The molecule has 0 amide bonds. The van der Waals surface area contributed by atoms with Gasteiger partial charge in [0.1, 0.15) is 5.69 Å². The average molecular weight is 368 g/mol. The summed E-state index contributed by atoms with van der Waals surface area (Å²) in [5, 5.41) is 14.1. The number of rotatable bonds is 6. The summed E-state index contributed by atoms with van der Waals surface area (Å²) >= 11 is 0. The van der Waals surface area contributed by atoms with Crippen LogP contribution in [0.4, 0.5) is 20.2 Å². The first kappa shape index (κ1) is 17.3. The van der Waals surface area contributed by atoms with Gasteiger partial charge in [-0.25, -0.2) is 8.42 Å². The first-order chi connectivity index (χ1) is 11.8. The molecule has 0 saturated heterocycles. The first-order valence-corrected chi connectivity index (χ1v) is 8.97. The monoisotopic (exact) mass is 368 g/mol. The fraction of sp³-hybridized carbons (Fsp3) is 0.250. The molecule has 2 aromatic carbocycles. The molecule has 1 aliphatic carbocycles. The number of nitro benzene ring substituents is 1. The van der Waals surface area contributed by atoms with E-state index in [1.807, 2.05) is 24.3 Å². The normalized spacial score (nSPS) is 16.2. The van der Waals surface area contributed by atoms with Gasteiger partial charge in [-0.3, -0.25) is 10.1 Å². The molecule has 0 aliphatic heterocycles. The van der Waals surface area contributed by atoms with Crippen LogP contribution in [0.5, 0.6) is 0 Å². The van der Waals surface area contributed by atoms with Crippen LogP contribution in [0.25, 0.3) is 0 Å². The number of nitro groups is 1. The maximum absolute atomic E-state index is 12.6. The predicted molar refractivity (Wildman–Crippen MR) is 87.7 cm³/mol. The second-order valence-corrected chi connectivity index (χ2v) is 7.64. The van der Waals surface area contributed by atoms with E-state index in [0.29, 0.717) is 12.6 Å². The van der Waals surface area contributed by atoms with Gasteiger partial charge in [-0.05, 0) is 29.7 Å². The molecule has 132 valence electrons. The lowest BCUT2D eigenvalue weighted by Gasteiger charge is -2.30. The molecule has 0 heterocycles. The van der Waals surface area contributed by atoms with Gasteiger partial charge in [0, 0.05) is 18.5 Å². The Labute approximate surface area is 142 Å². The van der Waals surface area contributed by atoms with Crippen molar-refractivity contribution < 1.29 is 22.1 Å². The Bertz CT molecular complexity index is 931. The predicted octanol–water partition coefficient (Wildman–Crippen LogP) is 3.34. The second kappa shape index (κ2) is 6.40. The van der Waals surface area contributed by atoms with Crippen molar-refractivity contribution in [2.24, 2.45) is 0 Å². The Morgan fingerprint density at radius 2 is 1.96 bits per heavy atom. The highest BCUT2D eigenvalue weighted by Crippen LogP contribution is 2.36. The molecule has 25 heavy (non-hydrogen) atoms. The van der Waals surface area contributed by atoms with E-state index < -0.39 is 31.1 Å². The lowest BCUT2D eigenvalue weighted by Crippen LogP contribution is -2.24. The highest BCUT2D eigenvalue weighted by atomic mass is 32.2. The van der Waals surface area contributed by atoms with E-state index in [0.717, 1.165) is 24.1 Å². The third kappa shape index (κ3) is 3.19. The summed E-state index contributed by atoms with van der Waals surface area (Å²) in [7, 11) is -4.88. The number of fused-ring (bicyclic) bond motifs is 1. The van der Waals surface area contributed by atoms with Gasteiger partial charge in [-0.15, -0.1) is 0 Å². The average Bonchev–Trinajstić information content (AvgIpc) is 2.55. The van der Waals surface area contributed by atoms with Gasteiger partial charge in [0.05, 0.1) is 9.82 Å². The van der Waals surface area contributed by atoms with Crippen LogP contribution in [-0.4, -0.2) is 25.6 Å². The quantitative estimate of drug-likeness (QED) is 0.624. The molecule has 9 heteroatoms. The van der Waals surface area contributed by atoms with E-state index in [4.69, 9.17) is 0 Å². The molecule has 0 bridgehead atoms. The molecular formula is C16H14F2N2O4S. The minimum absolute atomic E-state index is 0.0996. The number of anilines is 1. The molecule has 0 fully saturated rings. The van der Waals surface area contributed by atoms with Gasteiger partial charge in [0.15, 0.2) is 0 Å². The van der Waals surface area contributed by atoms with E-state index in [9.17, 15) is 27.3 Å². The van der Waals surface area contributed by atoms with Crippen molar-refractivity contribution in [2.75, 3.05) is 11.9 Å². The highest BCUT2D eigenvalue weighted by molar-refractivity contribution is 7.91. The fourth-order valence-corrected chi connectivity index (χ4v) is 3.61. The van der Waals surface area contributed by atoms with Gasteiger partial charge in [-0.2, -0.15) is 8.78 Å². The van der Waals surface area contributed by atoms with Crippen LogP contribution in [0, 0.1) is 10.1 Å². The number of sulfone groups is 1. The van der Waals surface area contributed by atoms with E-state index in [1.165, 1.54) is 5.56 Å². The van der Waals surface area contributed by atoms with Crippen LogP contribution in [-0.2, 0) is 16.3 Å². The van der Waals surface area contributed by atoms with Gasteiger partial charge in [-0.1, -0.05) is 24.3 Å². The molecule has 6 nitrogen and oxygen atoms in total. The molecule has 0 spiro atoms. The summed E-state index contributed by atoms with van der Waals surface area (Å²) in [5.74, 6) is -3.43. The molecule has 0 saturated carbocycles. The molecule has 0 radical (unpaired) electrons. The van der Waals surface area contributed by atoms with Gasteiger partial charge < -0.3 is 5.32 Å². The molecule has 1 N–H and O–H groups in total. The minimum atomic E-state index is -4.88. The summed E-state index contributed by atoms with van der Waals surface area (Å²) in [6.07, 6.45) is 0.842. The Morgan fingerprint density at radius 3 is 2.60 bits per heavy atom. The van der Waals surface area contributed by atoms with Crippen molar-refractivity contribution >= 4 is 21.2 Å². The van der Waals surface area contributed by atoms with E-state index in [1.54, 1.807) is 0 Å². The van der Waals surface area contributed by atoms with Crippen LogP contribution in [0.15, 0.2) is 47.4 Å². The van der Waals surface area contributed by atoms with Crippen molar-refractivity contribution in [3.63, 3.8) is 0 Å². The molecule has 1 aliphatic rings. The summed E-state index contributed by atoms with van der Waals surface area (Å²) < 4.78 is 48.2. The van der Waals surface area contributed by atoms with Gasteiger partial charge in [0.25, 0.3) is 5.69 Å². The van der Waals surface area contributed by atoms with Crippen molar-refractivity contribution in [1.82, 2.24) is 0 Å². The zero-order valence-electron chi connectivity index (χ0n) is 12.9. The Hall–Kier alpha value is -2.55. The van der Waals surface area contributed by atoms with Gasteiger partial charge >= 0.3 is 5.76 Å². The molecule has 3 rings (SSSR count). The maximum atomic E-state index is 12.6. The van der Waals surface area contributed by atoms with Gasteiger partial charge in [0.2, 0.25) is 9.84 Å². The number of hydrogen-bond donors (Lipinski definition) is 1. The van der Waals surface area contributed by atoms with Crippen molar-refractivity contribution in [3.05, 3.63) is 63.7 Å². The minimum Gasteiger partial charge on any atom is -0.379 e. The van der Waals surface area contributed by atoms with Crippen LogP contribution in [0.1, 0.15) is 17.0 Å². The molecule has 2 aromatic rings. The standard InChI is InChI=1S/C16H14F2N2O4S/c17-16(18)25(23,24)12-5-6-14(15(8-12)20(21)22)19-9-11-7-10-3-1-2-4-13(10)11/h1-6,8,11,16,19H,7,9H2. The van der Waals surface area contributed by atoms with E-state index in [-0.39, 0.29) is 11.6 Å². The number of halogens is 2. The third-order valence-electron chi connectivity index (χ3n) is 4.23. The maximum Gasteiger partial charge on any atom is 0.341 e. The summed E-state index contributed by atoms with van der Waals surface area (Å²) in [6.45, 7) is 0.429. The number of alkyl halides is 2. The molecule has 1 atom stereocenters. The SMILES string of the molecule is O=[N+]([O-])c1cc(S(=O)(=O)C(F)F)ccc1NCC1Cc2ccccc21. The Morgan fingerprint density at radius 1 is 1.24 bits per heavy atom. The van der Waals surface area contributed by atoms with Crippen molar-refractivity contribution in [3.8, 4) is 0 Å². The second-order valence-electron chi connectivity index (χ2n) is 5.72. The lowest BCUT2D eigenvalue weighted by atomic mass is 9.77. The first-order valence-electron chi connectivity index (χ1n) is 7.43. The third-order valence-corrected chi connectivity index (χ3v) is 5.61. The smallest absolute Gasteiger partial charge is 0.341 e. The zero-order valence-corrected chi connectivity index (χ0v) is 13.7. The lowest BCUT2D eigenvalue weighted by molar-refractivity contribution is -0.384. The largest absolute Gasteiger partial charge is 0.379 e. The number of nitrogens with zero attached hydrogens (tertiary/aromatic N) is 1. The molecule has 0 aromatic heterocycles. The molecule has 1 unspecified atom stereocenters. The summed E-state index contributed by atoms with van der Waals surface area (Å²) in [4.78, 5) is 9.62. The van der Waals surface area contributed by atoms with Crippen LogP contribution in [0.2, 0.25) is 0 Å².